The molecule has 4 rings (SSSR count). The summed E-state index contributed by atoms with van der Waals surface area (Å²) in [7, 11) is 0. The van der Waals surface area contributed by atoms with Crippen LogP contribution in [0.1, 0.15) is 22.4 Å². The number of hydrogen-bond donors (Lipinski definition) is 2. The smallest absolute Gasteiger partial charge is 0.270 e. The molecule has 0 aliphatic carbocycles. The van der Waals surface area contributed by atoms with Crippen molar-refractivity contribution in [2.45, 2.75) is 6.92 Å². The first kappa shape index (κ1) is 15.2. The Labute approximate surface area is 145 Å². The van der Waals surface area contributed by atoms with Crippen LogP contribution >= 0.6 is 0 Å². The quantitative estimate of drug-likeness (QED) is 0.543. The van der Waals surface area contributed by atoms with Crippen LogP contribution in [0.3, 0.4) is 0 Å². The van der Waals surface area contributed by atoms with Crippen molar-refractivity contribution < 1.29 is 4.92 Å². The van der Waals surface area contributed by atoms with Crippen molar-refractivity contribution in [3.05, 3.63) is 93.3 Å². The fourth-order valence-electron chi connectivity index (χ4n) is 3.24. The maximum absolute atomic E-state index is 11.1. The first-order chi connectivity index (χ1) is 12.1. The van der Waals surface area contributed by atoms with Crippen molar-refractivity contribution >= 4 is 22.5 Å². The number of nitro groups is 1. The van der Waals surface area contributed by atoms with E-state index in [9.17, 15) is 10.1 Å². The summed E-state index contributed by atoms with van der Waals surface area (Å²) in [6, 6.07) is 17.2. The van der Waals surface area contributed by atoms with Gasteiger partial charge < -0.3 is 10.3 Å². The summed E-state index contributed by atoms with van der Waals surface area (Å²) >= 11 is 0. The summed E-state index contributed by atoms with van der Waals surface area (Å²) in [5.41, 5.74) is 7.44. The van der Waals surface area contributed by atoms with Crippen LogP contribution in [0.5, 0.6) is 0 Å². The van der Waals surface area contributed by atoms with Crippen LogP contribution in [0.2, 0.25) is 0 Å². The van der Waals surface area contributed by atoms with Crippen LogP contribution < -0.4 is 5.32 Å². The molecule has 2 N–H and O–H groups in total. The van der Waals surface area contributed by atoms with Gasteiger partial charge in [0.1, 0.15) is 0 Å². The second-order valence-corrected chi connectivity index (χ2v) is 6.15. The highest BCUT2D eigenvalue weighted by Gasteiger charge is 2.23. The van der Waals surface area contributed by atoms with Gasteiger partial charge in [-0.3, -0.25) is 10.1 Å². The molecule has 0 fully saturated rings. The number of nitrogens with one attached hydrogen (secondary N) is 2. The molecule has 1 aliphatic rings. The molecule has 1 aliphatic heterocycles. The molecule has 2 aromatic carbocycles. The number of aromatic nitrogens is 1. The number of non-ortho nitro benzene ring substituents is 1. The van der Waals surface area contributed by atoms with Gasteiger partial charge in [-0.25, -0.2) is 0 Å². The highest BCUT2D eigenvalue weighted by Crippen LogP contribution is 2.39. The van der Waals surface area contributed by atoms with Crippen LogP contribution in [0.25, 0.3) is 11.1 Å². The summed E-state index contributed by atoms with van der Waals surface area (Å²) in [4.78, 5) is 14.1. The zero-order valence-corrected chi connectivity index (χ0v) is 13.7. The van der Waals surface area contributed by atoms with E-state index in [4.69, 9.17) is 0 Å². The van der Waals surface area contributed by atoms with Gasteiger partial charge in [0, 0.05) is 30.4 Å². The van der Waals surface area contributed by atoms with E-state index in [0.29, 0.717) is 6.54 Å². The maximum Gasteiger partial charge on any atom is 0.270 e. The maximum atomic E-state index is 11.1. The van der Waals surface area contributed by atoms with Crippen molar-refractivity contribution in [2.24, 2.45) is 0 Å². The van der Waals surface area contributed by atoms with Gasteiger partial charge in [-0.1, -0.05) is 42.0 Å². The zero-order chi connectivity index (χ0) is 17.4. The topological polar surface area (TPSA) is 71.0 Å². The van der Waals surface area contributed by atoms with Crippen molar-refractivity contribution in [1.29, 1.82) is 0 Å². The first-order valence-corrected chi connectivity index (χ1v) is 8.10. The van der Waals surface area contributed by atoms with E-state index in [2.05, 4.69) is 41.5 Å². The molecule has 0 spiro atoms. The minimum atomic E-state index is -0.355. The van der Waals surface area contributed by atoms with Crippen molar-refractivity contribution in [2.75, 3.05) is 11.9 Å². The summed E-state index contributed by atoms with van der Waals surface area (Å²) in [5, 5.41) is 14.5. The SMILES string of the molecule is Cc1ccc(C2=C(c3cccc([N+](=O)[O-])c3)CNc3cc[nH]c32)cc1. The molecule has 0 radical (unpaired) electrons. The highest BCUT2D eigenvalue weighted by molar-refractivity contribution is 6.04. The Balaban J connectivity index is 1.95. The van der Waals surface area contributed by atoms with E-state index in [0.717, 1.165) is 33.7 Å². The molecule has 0 atom stereocenters. The van der Waals surface area contributed by atoms with E-state index < -0.39 is 0 Å². The number of rotatable bonds is 3. The number of aryl methyl sites for hydroxylation is 1. The van der Waals surface area contributed by atoms with Crippen molar-refractivity contribution in [1.82, 2.24) is 4.98 Å². The Morgan fingerprint density at radius 3 is 2.60 bits per heavy atom. The summed E-state index contributed by atoms with van der Waals surface area (Å²) < 4.78 is 0. The number of fused-ring (bicyclic) bond motifs is 1. The predicted molar refractivity (Wildman–Crippen MR) is 99.5 cm³/mol. The van der Waals surface area contributed by atoms with Gasteiger partial charge >= 0.3 is 0 Å². The van der Waals surface area contributed by atoms with Crippen LogP contribution in [0.4, 0.5) is 11.4 Å². The molecule has 5 nitrogen and oxygen atoms in total. The monoisotopic (exact) mass is 331 g/mol. The number of benzene rings is 2. The lowest BCUT2D eigenvalue weighted by atomic mass is 9.89. The normalized spacial score (nSPS) is 13.3. The lowest BCUT2D eigenvalue weighted by Gasteiger charge is -2.23. The third-order valence-electron chi connectivity index (χ3n) is 4.50. The number of anilines is 1. The average Bonchev–Trinajstić information content (AvgIpc) is 3.10. The minimum Gasteiger partial charge on any atom is -0.379 e. The van der Waals surface area contributed by atoms with E-state index in [-0.39, 0.29) is 10.6 Å². The molecule has 0 unspecified atom stereocenters. The highest BCUT2D eigenvalue weighted by atomic mass is 16.6. The Bertz CT molecular complexity index is 984. The number of hydrogen-bond acceptors (Lipinski definition) is 3. The molecule has 5 heteroatoms. The lowest BCUT2D eigenvalue weighted by molar-refractivity contribution is -0.384. The third-order valence-corrected chi connectivity index (χ3v) is 4.50. The molecule has 3 aromatic rings. The van der Waals surface area contributed by atoms with Gasteiger partial charge in [-0.05, 0) is 29.7 Å². The number of H-pyrrole nitrogens is 1. The van der Waals surface area contributed by atoms with Gasteiger partial charge in [0.25, 0.3) is 5.69 Å². The fourth-order valence-corrected chi connectivity index (χ4v) is 3.24. The minimum absolute atomic E-state index is 0.102. The van der Waals surface area contributed by atoms with Gasteiger partial charge in [0.15, 0.2) is 0 Å². The molecular weight excluding hydrogens is 314 g/mol. The van der Waals surface area contributed by atoms with E-state index >= 15 is 0 Å². The zero-order valence-electron chi connectivity index (χ0n) is 13.7. The summed E-state index contributed by atoms with van der Waals surface area (Å²) in [5.74, 6) is 0. The van der Waals surface area contributed by atoms with Gasteiger partial charge in [-0.2, -0.15) is 0 Å². The molecule has 124 valence electrons. The Hall–Kier alpha value is -3.34. The van der Waals surface area contributed by atoms with Crippen LogP contribution in [-0.4, -0.2) is 16.5 Å². The predicted octanol–water partition coefficient (Wildman–Crippen LogP) is 4.62. The standard InChI is InChI=1S/C20H17N3O2/c1-13-5-7-14(8-6-13)19-17(12-22-18-9-10-21-20(18)19)15-3-2-4-16(11-15)23(24)25/h2-11,21-22H,12H2,1H3. The first-order valence-electron chi connectivity index (χ1n) is 8.10. The lowest BCUT2D eigenvalue weighted by Crippen LogP contribution is -2.13. The van der Waals surface area contributed by atoms with Gasteiger partial charge in [-0.15, -0.1) is 0 Å². The molecular formula is C20H17N3O2. The summed E-state index contributed by atoms with van der Waals surface area (Å²) in [6.45, 7) is 2.68. The molecule has 0 saturated heterocycles. The van der Waals surface area contributed by atoms with Gasteiger partial charge in [0.05, 0.1) is 16.3 Å². The molecule has 25 heavy (non-hydrogen) atoms. The van der Waals surface area contributed by atoms with E-state index in [1.165, 1.54) is 11.6 Å². The second kappa shape index (κ2) is 5.94. The fraction of sp³-hybridized carbons (Fsp3) is 0.100. The average molecular weight is 331 g/mol. The van der Waals surface area contributed by atoms with Crippen molar-refractivity contribution in [3.63, 3.8) is 0 Å². The van der Waals surface area contributed by atoms with E-state index in [1.807, 2.05) is 18.3 Å². The second-order valence-electron chi connectivity index (χ2n) is 6.15. The van der Waals surface area contributed by atoms with Crippen LogP contribution in [-0.2, 0) is 0 Å². The number of nitro benzene ring substituents is 1. The van der Waals surface area contributed by atoms with Crippen LogP contribution in [0.15, 0.2) is 60.8 Å². The summed E-state index contributed by atoms with van der Waals surface area (Å²) in [6.07, 6.45) is 1.90. The molecule has 2 heterocycles. The Morgan fingerprint density at radius 2 is 1.84 bits per heavy atom. The Morgan fingerprint density at radius 1 is 1.04 bits per heavy atom. The molecule has 0 bridgehead atoms. The Kier molecular flexibility index (Phi) is 3.61. The van der Waals surface area contributed by atoms with Gasteiger partial charge in [0.2, 0.25) is 0 Å². The molecule has 1 aromatic heterocycles. The van der Waals surface area contributed by atoms with Crippen molar-refractivity contribution in [3.8, 4) is 0 Å². The van der Waals surface area contributed by atoms with Crippen LogP contribution in [0, 0.1) is 17.0 Å². The molecule has 0 amide bonds. The molecule has 0 saturated carbocycles. The largest absolute Gasteiger partial charge is 0.379 e. The third kappa shape index (κ3) is 2.70. The number of aromatic amines is 1. The number of nitrogens with zero attached hydrogens (tertiary/aromatic N) is 1. The van der Waals surface area contributed by atoms with E-state index in [1.54, 1.807) is 12.1 Å².